The van der Waals surface area contributed by atoms with Gasteiger partial charge in [0, 0.05) is 13.0 Å². The highest BCUT2D eigenvalue weighted by Crippen LogP contribution is 2.23. The van der Waals surface area contributed by atoms with Crippen LogP contribution in [0.2, 0.25) is 0 Å². The largest absolute Gasteiger partial charge is 0.489 e. The van der Waals surface area contributed by atoms with Gasteiger partial charge in [-0.15, -0.1) is 0 Å². The highest BCUT2D eigenvalue weighted by atomic mass is 16.5. The fraction of sp³-hybridized carbons (Fsp3) is 0.273. The summed E-state index contributed by atoms with van der Waals surface area (Å²) >= 11 is 0. The van der Waals surface area contributed by atoms with E-state index < -0.39 is 0 Å². The van der Waals surface area contributed by atoms with Crippen molar-refractivity contribution < 1.29 is 14.6 Å². The predicted molar refractivity (Wildman–Crippen MR) is 101 cm³/mol. The second kappa shape index (κ2) is 8.65. The van der Waals surface area contributed by atoms with Gasteiger partial charge in [-0.2, -0.15) is 0 Å². The first-order valence-electron chi connectivity index (χ1n) is 8.70. The Balaban J connectivity index is 1.70. The van der Waals surface area contributed by atoms with Crippen molar-refractivity contribution in [2.75, 3.05) is 13.2 Å². The van der Waals surface area contributed by atoms with Gasteiger partial charge in [-0.3, -0.25) is 0 Å². The van der Waals surface area contributed by atoms with Gasteiger partial charge in [0.15, 0.2) is 0 Å². The lowest BCUT2D eigenvalue weighted by Gasteiger charge is -2.14. The summed E-state index contributed by atoms with van der Waals surface area (Å²) in [6.45, 7) is 3.16. The number of fused-ring (bicyclic) bond motifs is 1. The highest BCUT2D eigenvalue weighted by molar-refractivity contribution is 5.84. The topological polar surface area (TPSA) is 38.7 Å². The number of aliphatic hydroxyl groups is 1. The van der Waals surface area contributed by atoms with E-state index in [9.17, 15) is 5.11 Å². The van der Waals surface area contributed by atoms with Crippen LogP contribution in [-0.4, -0.2) is 24.4 Å². The van der Waals surface area contributed by atoms with Crippen molar-refractivity contribution in [3.05, 3.63) is 77.9 Å². The van der Waals surface area contributed by atoms with Gasteiger partial charge in [-0.05, 0) is 41.0 Å². The molecule has 0 fully saturated rings. The summed E-state index contributed by atoms with van der Waals surface area (Å²) < 4.78 is 11.4. The first-order chi connectivity index (χ1) is 12.3. The number of hydrogen-bond donors (Lipinski definition) is 1. The van der Waals surface area contributed by atoms with Crippen LogP contribution >= 0.6 is 0 Å². The molecule has 0 heterocycles. The molecule has 25 heavy (non-hydrogen) atoms. The van der Waals surface area contributed by atoms with Crippen LogP contribution in [0.3, 0.4) is 0 Å². The van der Waals surface area contributed by atoms with E-state index in [2.05, 4.69) is 42.5 Å². The van der Waals surface area contributed by atoms with Crippen molar-refractivity contribution in [2.45, 2.75) is 26.1 Å². The molecule has 0 saturated carbocycles. The average molecular weight is 336 g/mol. The van der Waals surface area contributed by atoms with E-state index in [4.69, 9.17) is 9.47 Å². The number of ether oxygens (including phenoxy) is 2. The summed E-state index contributed by atoms with van der Waals surface area (Å²) in [7, 11) is 0. The molecule has 0 saturated heterocycles. The number of benzene rings is 3. The molecule has 3 aromatic rings. The number of hydrogen-bond acceptors (Lipinski definition) is 3. The molecule has 0 aliphatic heterocycles. The second-order valence-electron chi connectivity index (χ2n) is 6.08. The Morgan fingerprint density at radius 2 is 1.64 bits per heavy atom. The Bertz CT molecular complexity index is 799. The zero-order valence-corrected chi connectivity index (χ0v) is 14.5. The summed E-state index contributed by atoms with van der Waals surface area (Å²) in [6, 6.07) is 22.6. The molecule has 3 heteroatoms. The SMILES string of the molecule is CCOC(CO)Cc1ccc2cc(OCc3ccccc3)ccc2c1. The van der Waals surface area contributed by atoms with E-state index in [0.717, 1.165) is 27.6 Å². The minimum atomic E-state index is -0.143. The van der Waals surface area contributed by atoms with Gasteiger partial charge in [0.05, 0.1) is 12.7 Å². The van der Waals surface area contributed by atoms with Crippen molar-refractivity contribution >= 4 is 10.8 Å². The molecule has 1 N–H and O–H groups in total. The monoisotopic (exact) mass is 336 g/mol. The zero-order valence-electron chi connectivity index (χ0n) is 14.5. The van der Waals surface area contributed by atoms with Crippen molar-refractivity contribution in [2.24, 2.45) is 0 Å². The molecule has 1 unspecified atom stereocenters. The molecule has 130 valence electrons. The Morgan fingerprint density at radius 3 is 2.40 bits per heavy atom. The van der Waals surface area contributed by atoms with Crippen LogP contribution in [0.1, 0.15) is 18.1 Å². The van der Waals surface area contributed by atoms with Gasteiger partial charge in [0.2, 0.25) is 0 Å². The van der Waals surface area contributed by atoms with Gasteiger partial charge >= 0.3 is 0 Å². The highest BCUT2D eigenvalue weighted by Gasteiger charge is 2.09. The zero-order chi connectivity index (χ0) is 17.5. The van der Waals surface area contributed by atoms with Gasteiger partial charge in [-0.1, -0.05) is 54.6 Å². The lowest BCUT2D eigenvalue weighted by molar-refractivity contribution is 0.0207. The molecule has 0 bridgehead atoms. The molecular weight excluding hydrogens is 312 g/mol. The lowest BCUT2D eigenvalue weighted by Crippen LogP contribution is -2.20. The van der Waals surface area contributed by atoms with Gasteiger partial charge in [0.1, 0.15) is 12.4 Å². The molecule has 3 rings (SSSR count). The molecular formula is C22H24O3. The van der Waals surface area contributed by atoms with Crippen LogP contribution in [0.4, 0.5) is 0 Å². The molecule has 0 aromatic heterocycles. The van der Waals surface area contributed by atoms with E-state index in [1.165, 1.54) is 0 Å². The number of aliphatic hydroxyl groups excluding tert-OH is 1. The quantitative estimate of drug-likeness (QED) is 0.664. The minimum absolute atomic E-state index is 0.0398. The Morgan fingerprint density at radius 1 is 0.880 bits per heavy atom. The molecule has 0 aliphatic rings. The molecule has 0 radical (unpaired) electrons. The van der Waals surface area contributed by atoms with Crippen LogP contribution in [0.5, 0.6) is 5.75 Å². The summed E-state index contributed by atoms with van der Waals surface area (Å²) in [5.74, 6) is 0.867. The maximum atomic E-state index is 9.38. The smallest absolute Gasteiger partial charge is 0.120 e. The van der Waals surface area contributed by atoms with Crippen LogP contribution in [0, 0.1) is 0 Å². The minimum Gasteiger partial charge on any atom is -0.489 e. The van der Waals surface area contributed by atoms with Crippen LogP contribution < -0.4 is 4.74 Å². The Hall–Kier alpha value is -2.36. The summed E-state index contributed by atoms with van der Waals surface area (Å²) in [6.07, 6.45) is 0.572. The van der Waals surface area contributed by atoms with Gasteiger partial charge < -0.3 is 14.6 Å². The van der Waals surface area contributed by atoms with E-state index >= 15 is 0 Å². The average Bonchev–Trinajstić information content (AvgIpc) is 2.66. The number of rotatable bonds is 8. The first kappa shape index (κ1) is 17.5. The molecule has 3 aromatic carbocycles. The maximum Gasteiger partial charge on any atom is 0.120 e. The fourth-order valence-electron chi connectivity index (χ4n) is 2.91. The van der Waals surface area contributed by atoms with Gasteiger partial charge in [-0.25, -0.2) is 0 Å². The summed E-state index contributed by atoms with van der Waals surface area (Å²) in [5.41, 5.74) is 2.32. The molecule has 0 aliphatic carbocycles. The maximum absolute atomic E-state index is 9.38. The summed E-state index contributed by atoms with van der Waals surface area (Å²) in [4.78, 5) is 0. The fourth-order valence-corrected chi connectivity index (χ4v) is 2.91. The lowest BCUT2D eigenvalue weighted by atomic mass is 10.0. The second-order valence-corrected chi connectivity index (χ2v) is 6.08. The first-order valence-corrected chi connectivity index (χ1v) is 8.70. The third-order valence-electron chi connectivity index (χ3n) is 4.19. The van der Waals surface area contributed by atoms with Gasteiger partial charge in [0.25, 0.3) is 0 Å². The molecule has 0 amide bonds. The Kier molecular flexibility index (Phi) is 6.04. The van der Waals surface area contributed by atoms with Crippen LogP contribution in [0.15, 0.2) is 66.7 Å². The predicted octanol–water partition coefficient (Wildman–Crippen LogP) is 4.36. The van der Waals surface area contributed by atoms with Crippen LogP contribution in [0.25, 0.3) is 10.8 Å². The van der Waals surface area contributed by atoms with Crippen molar-refractivity contribution in [1.29, 1.82) is 0 Å². The molecule has 1 atom stereocenters. The summed E-state index contributed by atoms with van der Waals surface area (Å²) in [5, 5.41) is 11.7. The third kappa shape index (κ3) is 4.81. The molecule has 3 nitrogen and oxygen atoms in total. The Labute approximate surface area is 148 Å². The van der Waals surface area contributed by atoms with Crippen molar-refractivity contribution in [1.82, 2.24) is 0 Å². The standard InChI is InChI=1S/C22H24O3/c1-2-24-22(15-23)13-18-8-9-20-14-21(11-10-19(20)12-18)25-16-17-6-4-3-5-7-17/h3-12,14,22-23H,2,13,15-16H2,1H3. The molecule has 0 spiro atoms. The van der Waals surface area contributed by atoms with E-state index in [-0.39, 0.29) is 12.7 Å². The van der Waals surface area contributed by atoms with E-state index in [0.29, 0.717) is 19.6 Å². The van der Waals surface area contributed by atoms with Crippen molar-refractivity contribution in [3.63, 3.8) is 0 Å². The van der Waals surface area contributed by atoms with Crippen molar-refractivity contribution in [3.8, 4) is 5.75 Å². The van der Waals surface area contributed by atoms with E-state index in [1.54, 1.807) is 0 Å². The third-order valence-corrected chi connectivity index (χ3v) is 4.19. The van der Waals surface area contributed by atoms with E-state index in [1.807, 2.05) is 31.2 Å². The van der Waals surface area contributed by atoms with Crippen LogP contribution in [-0.2, 0) is 17.8 Å². The normalized spacial score (nSPS) is 12.2.